The monoisotopic (exact) mass is 407 g/mol. The summed E-state index contributed by atoms with van der Waals surface area (Å²) in [5, 5.41) is 14.2. The number of nitrogens with zero attached hydrogens (tertiary/aromatic N) is 2. The molecule has 2 N–H and O–H groups in total. The number of carbonyl (C=O) groups excluding carboxylic acids is 1. The van der Waals surface area contributed by atoms with Crippen molar-refractivity contribution in [3.8, 4) is 0 Å². The van der Waals surface area contributed by atoms with Gasteiger partial charge in [-0.25, -0.2) is 4.39 Å². The minimum absolute atomic E-state index is 0.137. The molecule has 0 saturated carbocycles. The largest absolute Gasteiger partial charge is 0.394 e. The fraction of sp³-hybridized carbons (Fsp3) is 0.136. The first kappa shape index (κ1) is 19.3. The molecule has 0 fully saturated rings. The fourth-order valence-electron chi connectivity index (χ4n) is 3.05. The second kappa shape index (κ2) is 8.55. The number of pyridine rings is 1. The summed E-state index contributed by atoms with van der Waals surface area (Å²) in [7, 11) is 0. The van der Waals surface area contributed by atoms with Crippen LogP contribution in [0.1, 0.15) is 11.1 Å². The van der Waals surface area contributed by atoms with Crippen LogP contribution in [0.4, 0.5) is 4.39 Å². The average molecular weight is 407 g/mol. The molecule has 0 aliphatic carbocycles. The molecule has 5 nitrogen and oxygen atoms in total. The summed E-state index contributed by atoms with van der Waals surface area (Å²) in [4.78, 5) is 21.1. The Labute approximate surface area is 171 Å². The van der Waals surface area contributed by atoms with Crippen LogP contribution in [0.5, 0.6) is 0 Å². The van der Waals surface area contributed by atoms with E-state index in [1.54, 1.807) is 24.4 Å². The zero-order chi connectivity index (χ0) is 20.2. The van der Waals surface area contributed by atoms with Gasteiger partial charge in [-0.1, -0.05) is 24.3 Å². The van der Waals surface area contributed by atoms with Gasteiger partial charge in [0.25, 0.3) is 5.91 Å². The van der Waals surface area contributed by atoms with Crippen molar-refractivity contribution in [2.75, 3.05) is 6.61 Å². The molecule has 0 radical (unpaired) electrons. The van der Waals surface area contributed by atoms with E-state index >= 15 is 0 Å². The number of halogens is 1. The van der Waals surface area contributed by atoms with E-state index in [0.29, 0.717) is 16.5 Å². The number of aliphatic hydroxyl groups is 1. The van der Waals surface area contributed by atoms with Crippen molar-refractivity contribution in [3.63, 3.8) is 0 Å². The molecule has 3 aromatic rings. The van der Waals surface area contributed by atoms with Crippen molar-refractivity contribution >= 4 is 39.8 Å². The number of amides is 1. The van der Waals surface area contributed by atoms with Gasteiger partial charge >= 0.3 is 0 Å². The maximum Gasteiger partial charge on any atom is 0.286 e. The topological polar surface area (TPSA) is 74.6 Å². The lowest BCUT2D eigenvalue weighted by atomic mass is 10.1. The molecule has 29 heavy (non-hydrogen) atoms. The van der Waals surface area contributed by atoms with Crippen LogP contribution in [-0.4, -0.2) is 33.8 Å². The van der Waals surface area contributed by atoms with E-state index in [4.69, 9.17) is 0 Å². The van der Waals surface area contributed by atoms with Gasteiger partial charge in [0.1, 0.15) is 5.82 Å². The predicted molar refractivity (Wildman–Crippen MR) is 114 cm³/mol. The van der Waals surface area contributed by atoms with E-state index in [1.807, 2.05) is 30.3 Å². The smallest absolute Gasteiger partial charge is 0.286 e. The highest BCUT2D eigenvalue weighted by Gasteiger charge is 2.24. The van der Waals surface area contributed by atoms with Crippen molar-refractivity contribution in [2.45, 2.75) is 12.5 Å². The van der Waals surface area contributed by atoms with E-state index < -0.39 is 0 Å². The molecule has 2 heterocycles. The summed E-state index contributed by atoms with van der Waals surface area (Å²) in [5.74, 6) is -0.620. The highest BCUT2D eigenvalue weighted by molar-refractivity contribution is 8.18. The van der Waals surface area contributed by atoms with Gasteiger partial charge in [0.05, 0.1) is 23.1 Å². The maximum atomic E-state index is 13.1. The number of aliphatic hydroxyl groups excluding tert-OH is 1. The number of rotatable bonds is 5. The lowest BCUT2D eigenvalue weighted by Gasteiger charge is -2.16. The molecule has 1 amide bonds. The van der Waals surface area contributed by atoms with Crippen molar-refractivity contribution in [2.24, 2.45) is 4.99 Å². The van der Waals surface area contributed by atoms with Gasteiger partial charge in [-0.15, -0.1) is 0 Å². The molecule has 1 unspecified atom stereocenters. The van der Waals surface area contributed by atoms with Gasteiger partial charge in [0.2, 0.25) is 0 Å². The van der Waals surface area contributed by atoms with Crippen LogP contribution in [-0.2, 0) is 11.2 Å². The van der Waals surface area contributed by atoms with E-state index in [2.05, 4.69) is 15.3 Å². The highest BCUT2D eigenvalue weighted by Crippen LogP contribution is 2.28. The Morgan fingerprint density at radius 2 is 2.00 bits per heavy atom. The Morgan fingerprint density at radius 3 is 2.79 bits per heavy atom. The summed E-state index contributed by atoms with van der Waals surface area (Å²) in [6.45, 7) is -0.137. The number of hydrogen-bond acceptors (Lipinski definition) is 5. The minimum Gasteiger partial charge on any atom is -0.394 e. The second-order valence-electron chi connectivity index (χ2n) is 6.64. The third-order valence-corrected chi connectivity index (χ3v) is 5.40. The van der Waals surface area contributed by atoms with E-state index in [9.17, 15) is 14.3 Å². The number of aromatic nitrogens is 1. The Morgan fingerprint density at radius 1 is 1.17 bits per heavy atom. The third kappa shape index (κ3) is 4.70. The number of benzene rings is 2. The van der Waals surface area contributed by atoms with Gasteiger partial charge in [-0.2, -0.15) is 4.99 Å². The molecule has 0 bridgehead atoms. The first-order chi connectivity index (χ1) is 14.1. The van der Waals surface area contributed by atoms with Gasteiger partial charge in [-0.3, -0.25) is 9.78 Å². The molecule has 2 aromatic carbocycles. The number of hydrogen-bond donors (Lipinski definition) is 2. The van der Waals surface area contributed by atoms with Crippen LogP contribution >= 0.6 is 11.8 Å². The van der Waals surface area contributed by atoms with Crippen LogP contribution in [0.25, 0.3) is 17.0 Å². The molecule has 1 aliphatic heterocycles. The van der Waals surface area contributed by atoms with Crippen molar-refractivity contribution in [1.29, 1.82) is 0 Å². The van der Waals surface area contributed by atoms with E-state index in [-0.39, 0.29) is 24.4 Å². The summed E-state index contributed by atoms with van der Waals surface area (Å²) in [6.07, 6.45) is 4.03. The number of amidine groups is 1. The van der Waals surface area contributed by atoms with Gasteiger partial charge in [0.15, 0.2) is 5.17 Å². The van der Waals surface area contributed by atoms with Crippen LogP contribution in [0.15, 0.2) is 70.7 Å². The summed E-state index contributed by atoms with van der Waals surface area (Å²) in [5.41, 5.74) is 2.67. The highest BCUT2D eigenvalue weighted by atomic mass is 32.2. The molecule has 1 aliphatic rings. The number of thioether (sulfide) groups is 1. The lowest BCUT2D eigenvalue weighted by Crippen LogP contribution is -2.37. The molecule has 0 spiro atoms. The Kier molecular flexibility index (Phi) is 5.69. The van der Waals surface area contributed by atoms with Gasteiger partial charge < -0.3 is 10.4 Å². The second-order valence-corrected chi connectivity index (χ2v) is 7.67. The lowest BCUT2D eigenvalue weighted by molar-refractivity contribution is -0.113. The van der Waals surface area contributed by atoms with E-state index in [1.165, 1.54) is 23.9 Å². The molecule has 1 atom stereocenters. The number of fused-ring (bicyclic) bond motifs is 1. The Hall–Kier alpha value is -3.03. The average Bonchev–Trinajstić information content (AvgIpc) is 3.07. The fourth-order valence-corrected chi connectivity index (χ4v) is 3.94. The molecule has 1 aromatic heterocycles. The normalized spacial score (nSPS) is 16.3. The van der Waals surface area contributed by atoms with Crippen molar-refractivity contribution < 1.29 is 14.3 Å². The molecule has 7 heteroatoms. The molecular formula is C22H18FN3O2S. The van der Waals surface area contributed by atoms with Gasteiger partial charge in [0, 0.05) is 11.6 Å². The first-order valence-electron chi connectivity index (χ1n) is 9.10. The van der Waals surface area contributed by atoms with Gasteiger partial charge in [-0.05, 0) is 65.7 Å². The zero-order valence-electron chi connectivity index (χ0n) is 15.4. The molecule has 4 rings (SSSR count). The van der Waals surface area contributed by atoms with Crippen LogP contribution in [0.3, 0.4) is 0 Å². The molecule has 0 saturated heterocycles. The third-order valence-electron chi connectivity index (χ3n) is 4.49. The predicted octanol–water partition coefficient (Wildman–Crippen LogP) is 3.54. The number of aliphatic imine (C=N–C) groups is 1. The molecular weight excluding hydrogens is 389 g/mol. The minimum atomic E-state index is -0.328. The first-order valence-corrected chi connectivity index (χ1v) is 9.91. The summed E-state index contributed by atoms with van der Waals surface area (Å²) < 4.78 is 13.1. The Bertz CT molecular complexity index is 1110. The summed E-state index contributed by atoms with van der Waals surface area (Å²) in [6, 6.07) is 15.4. The number of nitrogens with one attached hydrogen (secondary N) is 1. The zero-order valence-corrected chi connectivity index (χ0v) is 16.2. The Balaban J connectivity index is 1.44. The SMILES string of the molecule is O=C1N=C(NC(CO)Cc2ccc(F)cc2)S/C1=C\c1ccc2ncccc2c1. The van der Waals surface area contributed by atoms with Crippen LogP contribution in [0.2, 0.25) is 0 Å². The maximum absolute atomic E-state index is 13.1. The quantitative estimate of drug-likeness (QED) is 0.633. The summed E-state index contributed by atoms with van der Waals surface area (Å²) >= 11 is 1.24. The van der Waals surface area contributed by atoms with Crippen molar-refractivity contribution in [1.82, 2.24) is 10.3 Å². The van der Waals surface area contributed by atoms with Crippen molar-refractivity contribution in [3.05, 3.63) is 82.6 Å². The molecule has 146 valence electrons. The van der Waals surface area contributed by atoms with E-state index in [0.717, 1.165) is 22.0 Å². The van der Waals surface area contributed by atoms with Crippen LogP contribution in [0, 0.1) is 5.82 Å². The standard InChI is InChI=1S/C22H18FN3O2S/c23-17-6-3-14(4-7-17)11-18(13-27)25-22-26-21(28)20(29-22)12-15-5-8-19-16(10-15)2-1-9-24-19/h1-10,12,18,27H,11,13H2,(H,25,26,28)/b20-12-. The van der Waals surface area contributed by atoms with Crippen LogP contribution < -0.4 is 5.32 Å². The number of carbonyl (C=O) groups is 1.